The summed E-state index contributed by atoms with van der Waals surface area (Å²) in [6.45, 7) is 2.67. The summed E-state index contributed by atoms with van der Waals surface area (Å²) in [6, 6.07) is 10.2. The van der Waals surface area contributed by atoms with E-state index in [-0.39, 0.29) is 10.8 Å². The lowest BCUT2D eigenvalue weighted by atomic mass is 10.2. The maximum absolute atomic E-state index is 12.5. The van der Waals surface area contributed by atoms with Crippen LogP contribution >= 0.6 is 11.3 Å². The Morgan fingerprint density at radius 3 is 2.53 bits per heavy atom. The molecule has 0 saturated carbocycles. The number of carbonyl (C=O) groups is 1. The van der Waals surface area contributed by atoms with Crippen molar-refractivity contribution in [3.8, 4) is 0 Å². The molecule has 10 heteroatoms. The number of carbonyl (C=O) groups excluding carboxylic acids is 1. The average molecular weight is 444 g/mol. The fourth-order valence-corrected chi connectivity index (χ4v) is 4.85. The monoisotopic (exact) mass is 443 g/mol. The van der Waals surface area contributed by atoms with E-state index in [2.05, 4.69) is 19.6 Å². The van der Waals surface area contributed by atoms with E-state index >= 15 is 0 Å². The van der Waals surface area contributed by atoms with Crippen LogP contribution < -0.4 is 9.62 Å². The molecule has 3 heterocycles. The second kappa shape index (κ2) is 8.50. The molecule has 1 aliphatic heterocycles. The normalized spacial score (nSPS) is 15.2. The van der Waals surface area contributed by atoms with Crippen LogP contribution in [0.2, 0.25) is 0 Å². The van der Waals surface area contributed by atoms with Gasteiger partial charge in [-0.2, -0.15) is 0 Å². The van der Waals surface area contributed by atoms with Crippen molar-refractivity contribution in [2.75, 3.05) is 38.1 Å². The Kier molecular flexibility index (Phi) is 5.80. The predicted molar refractivity (Wildman–Crippen MR) is 118 cm³/mol. The zero-order valence-electron chi connectivity index (χ0n) is 16.4. The summed E-state index contributed by atoms with van der Waals surface area (Å²) in [5.41, 5.74) is 1.66. The van der Waals surface area contributed by atoms with Crippen LogP contribution in [0.25, 0.3) is 16.4 Å². The van der Waals surface area contributed by atoms with Crippen molar-refractivity contribution in [3.05, 3.63) is 54.2 Å². The van der Waals surface area contributed by atoms with E-state index in [1.54, 1.807) is 40.6 Å². The van der Waals surface area contributed by atoms with Crippen LogP contribution in [0.4, 0.5) is 5.13 Å². The molecule has 0 aliphatic carbocycles. The minimum Gasteiger partial charge on any atom is -0.344 e. The molecule has 1 fully saturated rings. The Bertz CT molecular complexity index is 1150. The minimum absolute atomic E-state index is 0.0625. The first-order chi connectivity index (χ1) is 14.5. The van der Waals surface area contributed by atoms with Gasteiger partial charge in [-0.15, -0.1) is 0 Å². The van der Waals surface area contributed by atoms with Crippen molar-refractivity contribution in [3.63, 3.8) is 0 Å². The number of fused-ring (bicyclic) bond motifs is 1. The van der Waals surface area contributed by atoms with Gasteiger partial charge in [0.05, 0.1) is 4.90 Å². The number of benzene rings is 1. The van der Waals surface area contributed by atoms with Crippen molar-refractivity contribution < 1.29 is 13.2 Å². The van der Waals surface area contributed by atoms with Gasteiger partial charge in [0.2, 0.25) is 15.9 Å². The maximum Gasteiger partial charge on any atom is 0.246 e. The second-order valence-corrected chi connectivity index (χ2v) is 9.59. The highest BCUT2D eigenvalue weighted by molar-refractivity contribution is 7.89. The van der Waals surface area contributed by atoms with Crippen molar-refractivity contribution >= 4 is 48.8 Å². The third kappa shape index (κ3) is 4.35. The summed E-state index contributed by atoms with van der Waals surface area (Å²) in [6.07, 6.45) is 4.99. The van der Waals surface area contributed by atoms with Gasteiger partial charge in [0.25, 0.3) is 0 Å². The lowest BCUT2D eigenvalue weighted by Crippen LogP contribution is -2.48. The molecule has 0 spiro atoms. The highest BCUT2D eigenvalue weighted by Crippen LogP contribution is 2.27. The number of amides is 1. The fraction of sp³-hybridized carbons (Fsp3) is 0.250. The number of rotatable bonds is 5. The molecule has 0 bridgehead atoms. The van der Waals surface area contributed by atoms with E-state index in [0.717, 1.165) is 34.1 Å². The quantitative estimate of drug-likeness (QED) is 0.606. The molecule has 4 rings (SSSR count). The van der Waals surface area contributed by atoms with Crippen LogP contribution in [0, 0.1) is 0 Å². The topological polar surface area (TPSA) is 95.5 Å². The largest absolute Gasteiger partial charge is 0.344 e. The molecule has 1 saturated heterocycles. The van der Waals surface area contributed by atoms with Gasteiger partial charge in [-0.25, -0.2) is 23.1 Å². The summed E-state index contributed by atoms with van der Waals surface area (Å²) in [5.74, 6) is -0.0625. The zero-order valence-corrected chi connectivity index (χ0v) is 18.0. The number of aromatic nitrogens is 2. The van der Waals surface area contributed by atoms with Crippen LogP contribution in [0.15, 0.2) is 53.6 Å². The van der Waals surface area contributed by atoms with Gasteiger partial charge >= 0.3 is 0 Å². The Balaban J connectivity index is 1.35. The molecule has 1 aromatic carbocycles. The number of anilines is 1. The molecule has 1 aliphatic rings. The first kappa shape index (κ1) is 20.5. The van der Waals surface area contributed by atoms with Gasteiger partial charge < -0.3 is 9.80 Å². The molecule has 3 aromatic rings. The SMILES string of the molecule is CNS(=O)(=O)c1ccc(/C=C/C(=O)N2CCN(c3nc4cccnc4s3)CC2)cc1. The number of piperazine rings is 1. The molecule has 1 N–H and O–H groups in total. The Morgan fingerprint density at radius 1 is 1.13 bits per heavy atom. The summed E-state index contributed by atoms with van der Waals surface area (Å²) in [7, 11) is -2.09. The van der Waals surface area contributed by atoms with Gasteiger partial charge in [-0.05, 0) is 43.0 Å². The standard InChI is InChI=1S/C20H21N5O3S2/c1-21-30(27,28)16-7-4-15(5-8-16)6-9-18(26)24-11-13-25(14-12-24)20-23-17-3-2-10-22-19(17)29-20/h2-10,21H,11-14H2,1H3/b9-6+. The molecule has 8 nitrogen and oxygen atoms in total. The van der Waals surface area contributed by atoms with E-state index in [9.17, 15) is 13.2 Å². The number of pyridine rings is 1. The molecular weight excluding hydrogens is 422 g/mol. The van der Waals surface area contributed by atoms with Gasteiger partial charge in [0.15, 0.2) is 5.13 Å². The summed E-state index contributed by atoms with van der Waals surface area (Å²) >= 11 is 1.56. The van der Waals surface area contributed by atoms with Gasteiger partial charge in [0.1, 0.15) is 10.3 Å². The minimum atomic E-state index is -3.46. The Hall–Kier alpha value is -2.82. The summed E-state index contributed by atoms with van der Waals surface area (Å²) in [4.78, 5) is 26.6. The number of hydrogen-bond donors (Lipinski definition) is 1. The molecule has 2 aromatic heterocycles. The molecule has 156 valence electrons. The lowest BCUT2D eigenvalue weighted by Gasteiger charge is -2.34. The van der Waals surface area contributed by atoms with Crippen molar-refractivity contribution in [1.82, 2.24) is 19.6 Å². The third-order valence-corrected chi connectivity index (χ3v) is 7.36. The van der Waals surface area contributed by atoms with Gasteiger partial charge in [0, 0.05) is 38.5 Å². The van der Waals surface area contributed by atoms with Crippen LogP contribution in [0.5, 0.6) is 0 Å². The molecule has 30 heavy (non-hydrogen) atoms. The smallest absolute Gasteiger partial charge is 0.246 e. The third-order valence-electron chi connectivity index (χ3n) is 4.89. The van der Waals surface area contributed by atoms with E-state index in [1.165, 1.54) is 25.3 Å². The highest BCUT2D eigenvalue weighted by Gasteiger charge is 2.22. The van der Waals surface area contributed by atoms with Gasteiger partial charge in [-0.1, -0.05) is 23.5 Å². The Morgan fingerprint density at radius 2 is 1.87 bits per heavy atom. The average Bonchev–Trinajstić information content (AvgIpc) is 3.22. The zero-order chi connectivity index (χ0) is 21.1. The van der Waals surface area contributed by atoms with Gasteiger partial charge in [-0.3, -0.25) is 4.79 Å². The predicted octanol–water partition coefficient (Wildman–Crippen LogP) is 1.96. The van der Waals surface area contributed by atoms with E-state index in [0.29, 0.717) is 13.1 Å². The van der Waals surface area contributed by atoms with Crippen LogP contribution in [0.1, 0.15) is 5.56 Å². The molecule has 0 atom stereocenters. The van der Waals surface area contributed by atoms with Crippen LogP contribution in [-0.4, -0.2) is 62.4 Å². The summed E-state index contributed by atoms with van der Waals surface area (Å²) < 4.78 is 25.8. The van der Waals surface area contributed by atoms with Crippen molar-refractivity contribution in [2.45, 2.75) is 4.90 Å². The lowest BCUT2D eigenvalue weighted by molar-refractivity contribution is -0.126. The number of nitrogens with zero attached hydrogens (tertiary/aromatic N) is 4. The molecule has 1 amide bonds. The highest BCUT2D eigenvalue weighted by atomic mass is 32.2. The molecular formula is C20H21N5O3S2. The number of nitrogens with one attached hydrogen (secondary N) is 1. The van der Waals surface area contributed by atoms with E-state index < -0.39 is 10.0 Å². The van der Waals surface area contributed by atoms with Crippen LogP contribution in [-0.2, 0) is 14.8 Å². The summed E-state index contributed by atoms with van der Waals surface area (Å²) in [5, 5.41) is 0.933. The maximum atomic E-state index is 12.5. The molecule has 0 unspecified atom stereocenters. The fourth-order valence-electron chi connectivity index (χ4n) is 3.16. The first-order valence-corrected chi connectivity index (χ1v) is 11.7. The number of hydrogen-bond acceptors (Lipinski definition) is 7. The van der Waals surface area contributed by atoms with E-state index in [1.807, 2.05) is 12.1 Å². The van der Waals surface area contributed by atoms with Crippen molar-refractivity contribution in [1.29, 1.82) is 0 Å². The van der Waals surface area contributed by atoms with Crippen LogP contribution in [0.3, 0.4) is 0 Å². The first-order valence-electron chi connectivity index (χ1n) is 9.43. The van der Waals surface area contributed by atoms with Crippen molar-refractivity contribution in [2.24, 2.45) is 0 Å². The molecule has 0 radical (unpaired) electrons. The number of thiazole rings is 1. The number of sulfonamides is 1. The second-order valence-electron chi connectivity index (χ2n) is 6.75. The van der Waals surface area contributed by atoms with E-state index in [4.69, 9.17) is 0 Å². The Labute approximate surface area is 178 Å².